The number of nitrogens with one attached hydrogen (secondary N) is 1. The van der Waals surface area contributed by atoms with Gasteiger partial charge in [0.1, 0.15) is 6.54 Å². The Labute approximate surface area is 112 Å². The van der Waals surface area contributed by atoms with Crippen LogP contribution in [0.2, 0.25) is 0 Å². The standard InChI is InChI=1S/C11H17N3O4S/c1-3-13-19(17,18)8-4-5-9(12)10(6-8)14(2)7-11(15)16/h4-6,13H,3,7,12H2,1-2H3,(H,15,16). The molecule has 0 radical (unpaired) electrons. The van der Waals surface area contributed by atoms with E-state index >= 15 is 0 Å². The van der Waals surface area contributed by atoms with Gasteiger partial charge in [0.2, 0.25) is 10.0 Å². The molecule has 8 heteroatoms. The Morgan fingerprint density at radius 3 is 2.63 bits per heavy atom. The zero-order valence-electron chi connectivity index (χ0n) is 10.8. The molecule has 0 heterocycles. The molecule has 19 heavy (non-hydrogen) atoms. The lowest BCUT2D eigenvalue weighted by Crippen LogP contribution is -2.27. The van der Waals surface area contributed by atoms with Gasteiger partial charge in [-0.3, -0.25) is 4.79 Å². The van der Waals surface area contributed by atoms with E-state index < -0.39 is 16.0 Å². The highest BCUT2D eigenvalue weighted by Gasteiger charge is 2.16. The van der Waals surface area contributed by atoms with E-state index in [1.807, 2.05) is 0 Å². The maximum Gasteiger partial charge on any atom is 0.323 e. The van der Waals surface area contributed by atoms with E-state index in [1.165, 1.54) is 30.1 Å². The highest BCUT2D eigenvalue weighted by atomic mass is 32.2. The molecule has 7 nitrogen and oxygen atoms in total. The first-order valence-electron chi connectivity index (χ1n) is 5.60. The number of carboxylic acid groups (broad SMARTS) is 1. The number of anilines is 2. The van der Waals surface area contributed by atoms with Crippen LogP contribution in [0.4, 0.5) is 11.4 Å². The second-order valence-electron chi connectivity index (χ2n) is 3.97. The average Bonchev–Trinajstić information content (AvgIpc) is 2.27. The molecule has 1 aromatic rings. The Hall–Kier alpha value is -1.80. The fourth-order valence-corrected chi connectivity index (χ4v) is 2.64. The number of nitrogen functional groups attached to an aromatic ring is 1. The molecule has 0 spiro atoms. The van der Waals surface area contributed by atoms with Crippen molar-refractivity contribution in [2.75, 3.05) is 30.8 Å². The lowest BCUT2D eigenvalue weighted by atomic mass is 10.2. The molecule has 1 rings (SSSR count). The minimum Gasteiger partial charge on any atom is -0.480 e. The molecule has 4 N–H and O–H groups in total. The molecule has 0 unspecified atom stereocenters. The summed E-state index contributed by atoms with van der Waals surface area (Å²) in [6.07, 6.45) is 0. The van der Waals surface area contributed by atoms with Crippen molar-refractivity contribution in [3.8, 4) is 0 Å². The van der Waals surface area contributed by atoms with Crippen molar-refractivity contribution in [2.24, 2.45) is 0 Å². The topological polar surface area (TPSA) is 113 Å². The van der Waals surface area contributed by atoms with Crippen LogP contribution in [0.15, 0.2) is 23.1 Å². The van der Waals surface area contributed by atoms with Gasteiger partial charge in [-0.1, -0.05) is 6.92 Å². The molecule has 0 atom stereocenters. The molecular weight excluding hydrogens is 270 g/mol. The molecule has 0 aliphatic rings. The maximum atomic E-state index is 11.9. The fourth-order valence-electron chi connectivity index (χ4n) is 1.58. The third kappa shape index (κ3) is 3.83. The molecule has 0 bridgehead atoms. The van der Waals surface area contributed by atoms with Crippen molar-refractivity contribution in [3.05, 3.63) is 18.2 Å². The second kappa shape index (κ2) is 5.89. The van der Waals surface area contributed by atoms with Crippen LogP contribution in [0, 0.1) is 0 Å². The average molecular weight is 287 g/mol. The number of hydrogen-bond acceptors (Lipinski definition) is 5. The van der Waals surface area contributed by atoms with Gasteiger partial charge in [-0.15, -0.1) is 0 Å². The lowest BCUT2D eigenvalue weighted by Gasteiger charge is -2.19. The van der Waals surface area contributed by atoms with Crippen molar-refractivity contribution < 1.29 is 18.3 Å². The first-order valence-corrected chi connectivity index (χ1v) is 7.08. The van der Waals surface area contributed by atoms with Gasteiger partial charge in [-0.05, 0) is 18.2 Å². The number of carbonyl (C=O) groups is 1. The summed E-state index contributed by atoms with van der Waals surface area (Å²) in [5, 5.41) is 8.74. The van der Waals surface area contributed by atoms with Gasteiger partial charge in [-0.2, -0.15) is 0 Å². The number of nitrogens with two attached hydrogens (primary N) is 1. The summed E-state index contributed by atoms with van der Waals surface area (Å²) in [6, 6.07) is 4.18. The van der Waals surface area contributed by atoms with Crippen LogP contribution in [-0.2, 0) is 14.8 Å². The molecule has 0 amide bonds. The van der Waals surface area contributed by atoms with E-state index in [0.717, 1.165) is 0 Å². The quantitative estimate of drug-likeness (QED) is 0.639. The molecule has 1 aromatic carbocycles. The monoisotopic (exact) mass is 287 g/mol. The summed E-state index contributed by atoms with van der Waals surface area (Å²) >= 11 is 0. The van der Waals surface area contributed by atoms with Crippen LogP contribution < -0.4 is 15.4 Å². The number of rotatable bonds is 6. The Morgan fingerprint density at radius 2 is 2.11 bits per heavy atom. The Balaban J connectivity index is 3.17. The zero-order valence-corrected chi connectivity index (χ0v) is 11.6. The SMILES string of the molecule is CCNS(=O)(=O)c1ccc(N)c(N(C)CC(=O)O)c1. The second-order valence-corrected chi connectivity index (χ2v) is 5.74. The maximum absolute atomic E-state index is 11.9. The van der Waals surface area contributed by atoms with E-state index in [9.17, 15) is 13.2 Å². The summed E-state index contributed by atoms with van der Waals surface area (Å²) in [5.41, 5.74) is 6.41. The van der Waals surface area contributed by atoms with Gasteiger partial charge in [0.05, 0.1) is 16.3 Å². The minimum absolute atomic E-state index is 0.0517. The predicted molar refractivity (Wildman–Crippen MR) is 72.6 cm³/mol. The molecule has 106 valence electrons. The zero-order chi connectivity index (χ0) is 14.6. The molecule has 0 aliphatic carbocycles. The van der Waals surface area contributed by atoms with Gasteiger partial charge in [0.25, 0.3) is 0 Å². The summed E-state index contributed by atoms with van der Waals surface area (Å²) in [7, 11) is -2.06. The normalized spacial score (nSPS) is 11.3. The van der Waals surface area contributed by atoms with E-state index in [-0.39, 0.29) is 18.0 Å². The van der Waals surface area contributed by atoms with E-state index in [1.54, 1.807) is 6.92 Å². The van der Waals surface area contributed by atoms with E-state index in [4.69, 9.17) is 10.8 Å². The van der Waals surface area contributed by atoms with Crippen LogP contribution in [0.25, 0.3) is 0 Å². The number of likely N-dealkylation sites (N-methyl/N-ethyl adjacent to an activating group) is 1. The highest BCUT2D eigenvalue weighted by molar-refractivity contribution is 7.89. The van der Waals surface area contributed by atoms with Crippen molar-refractivity contribution in [1.82, 2.24) is 4.72 Å². The highest BCUT2D eigenvalue weighted by Crippen LogP contribution is 2.25. The number of nitrogens with zero attached hydrogens (tertiary/aromatic N) is 1. The molecular formula is C11H17N3O4S. The van der Waals surface area contributed by atoms with E-state index in [2.05, 4.69) is 4.72 Å². The van der Waals surface area contributed by atoms with Gasteiger partial charge < -0.3 is 15.7 Å². The first kappa shape index (κ1) is 15.3. The van der Waals surface area contributed by atoms with Gasteiger partial charge >= 0.3 is 5.97 Å². The predicted octanol–water partition coefficient (Wildman–Crippen LogP) is 0.0878. The van der Waals surface area contributed by atoms with Crippen molar-refractivity contribution in [3.63, 3.8) is 0 Å². The number of aliphatic carboxylic acids is 1. The Kier molecular flexibility index (Phi) is 4.73. The Morgan fingerprint density at radius 1 is 1.47 bits per heavy atom. The van der Waals surface area contributed by atoms with Crippen LogP contribution in [0.3, 0.4) is 0 Å². The molecule has 0 saturated carbocycles. The smallest absolute Gasteiger partial charge is 0.323 e. The van der Waals surface area contributed by atoms with Crippen LogP contribution in [0.5, 0.6) is 0 Å². The van der Waals surface area contributed by atoms with Crippen LogP contribution in [0.1, 0.15) is 6.92 Å². The molecule has 0 saturated heterocycles. The summed E-state index contributed by atoms with van der Waals surface area (Å²) in [4.78, 5) is 12.1. The Bertz CT molecular complexity index is 571. The van der Waals surface area contributed by atoms with Gasteiger partial charge in [0, 0.05) is 13.6 Å². The molecule has 0 aliphatic heterocycles. The third-order valence-corrected chi connectivity index (χ3v) is 3.97. The lowest BCUT2D eigenvalue weighted by molar-refractivity contribution is -0.135. The number of hydrogen-bond donors (Lipinski definition) is 3. The van der Waals surface area contributed by atoms with Crippen molar-refractivity contribution in [2.45, 2.75) is 11.8 Å². The number of sulfonamides is 1. The molecule has 0 aromatic heterocycles. The summed E-state index contributed by atoms with van der Waals surface area (Å²) < 4.78 is 26.1. The van der Waals surface area contributed by atoms with Crippen molar-refractivity contribution in [1.29, 1.82) is 0 Å². The largest absolute Gasteiger partial charge is 0.480 e. The van der Waals surface area contributed by atoms with Crippen LogP contribution in [-0.4, -0.2) is 39.6 Å². The number of carboxylic acids is 1. The first-order chi connectivity index (χ1) is 8.77. The van der Waals surface area contributed by atoms with Crippen LogP contribution >= 0.6 is 0 Å². The van der Waals surface area contributed by atoms with Gasteiger partial charge in [-0.25, -0.2) is 13.1 Å². The van der Waals surface area contributed by atoms with E-state index in [0.29, 0.717) is 11.4 Å². The van der Waals surface area contributed by atoms with Crippen molar-refractivity contribution >= 4 is 27.4 Å². The summed E-state index contributed by atoms with van der Waals surface area (Å²) in [6.45, 7) is 1.67. The van der Waals surface area contributed by atoms with Gasteiger partial charge in [0.15, 0.2) is 0 Å². The fraction of sp³-hybridized carbons (Fsp3) is 0.364. The summed E-state index contributed by atoms with van der Waals surface area (Å²) in [5.74, 6) is -1.03. The molecule has 0 fully saturated rings. The minimum atomic E-state index is -3.59. The number of benzene rings is 1. The third-order valence-electron chi connectivity index (χ3n) is 2.43.